The minimum absolute atomic E-state index is 0.711. The zero-order chi connectivity index (χ0) is 12.8. The lowest BCUT2D eigenvalue weighted by atomic mass is 10.1. The van der Waals surface area contributed by atoms with E-state index in [1.807, 2.05) is 43.3 Å². The van der Waals surface area contributed by atoms with Gasteiger partial charge in [0.15, 0.2) is 0 Å². The topological polar surface area (TPSA) is 35.8 Å². The Balaban J connectivity index is 1.97. The van der Waals surface area contributed by atoms with Gasteiger partial charge in [-0.1, -0.05) is 36.4 Å². The second kappa shape index (κ2) is 5.88. The van der Waals surface area contributed by atoms with Gasteiger partial charge in [-0.25, -0.2) is 0 Å². The summed E-state index contributed by atoms with van der Waals surface area (Å²) in [5.41, 5.74) is 4.04. The van der Waals surface area contributed by atoms with Crippen LogP contribution >= 0.6 is 0 Å². The SMILES string of the molecule is Cc1ccc(NCCc2ccccc2)c(C#N)c1. The van der Waals surface area contributed by atoms with Gasteiger partial charge in [0.1, 0.15) is 6.07 Å². The Kier molecular flexibility index (Phi) is 3.98. The summed E-state index contributed by atoms with van der Waals surface area (Å²) in [6.07, 6.45) is 0.958. The predicted molar refractivity (Wildman–Crippen MR) is 74.5 cm³/mol. The lowest BCUT2D eigenvalue weighted by Gasteiger charge is -2.08. The highest BCUT2D eigenvalue weighted by Gasteiger charge is 2.01. The van der Waals surface area contributed by atoms with Crippen molar-refractivity contribution < 1.29 is 0 Å². The van der Waals surface area contributed by atoms with Crippen LogP contribution in [0.4, 0.5) is 5.69 Å². The molecular weight excluding hydrogens is 220 g/mol. The summed E-state index contributed by atoms with van der Waals surface area (Å²) >= 11 is 0. The molecule has 90 valence electrons. The van der Waals surface area contributed by atoms with E-state index in [1.54, 1.807) is 0 Å². The highest BCUT2D eigenvalue weighted by Crippen LogP contribution is 2.16. The fourth-order valence-electron chi connectivity index (χ4n) is 1.89. The van der Waals surface area contributed by atoms with Gasteiger partial charge in [0, 0.05) is 6.54 Å². The fourth-order valence-corrected chi connectivity index (χ4v) is 1.89. The molecule has 0 amide bonds. The zero-order valence-corrected chi connectivity index (χ0v) is 10.5. The third-order valence-electron chi connectivity index (χ3n) is 2.87. The van der Waals surface area contributed by atoms with Crippen molar-refractivity contribution in [2.45, 2.75) is 13.3 Å². The van der Waals surface area contributed by atoms with Gasteiger partial charge in [-0.2, -0.15) is 5.26 Å². The van der Waals surface area contributed by atoms with Crippen molar-refractivity contribution in [2.24, 2.45) is 0 Å². The largest absolute Gasteiger partial charge is 0.384 e. The van der Waals surface area contributed by atoms with Gasteiger partial charge < -0.3 is 5.32 Å². The normalized spacial score (nSPS) is 9.78. The molecule has 18 heavy (non-hydrogen) atoms. The zero-order valence-electron chi connectivity index (χ0n) is 10.5. The van der Waals surface area contributed by atoms with Crippen molar-refractivity contribution in [3.05, 3.63) is 65.2 Å². The van der Waals surface area contributed by atoms with Crippen LogP contribution in [0, 0.1) is 18.3 Å². The van der Waals surface area contributed by atoms with E-state index < -0.39 is 0 Å². The monoisotopic (exact) mass is 236 g/mol. The van der Waals surface area contributed by atoms with Crippen LogP contribution in [-0.2, 0) is 6.42 Å². The maximum atomic E-state index is 9.07. The van der Waals surface area contributed by atoms with Crippen LogP contribution < -0.4 is 5.32 Å². The van der Waals surface area contributed by atoms with Gasteiger partial charge in [-0.05, 0) is 36.6 Å². The minimum atomic E-state index is 0.711. The van der Waals surface area contributed by atoms with E-state index >= 15 is 0 Å². The molecule has 0 saturated carbocycles. The second-order valence-corrected chi connectivity index (χ2v) is 4.32. The molecule has 2 nitrogen and oxygen atoms in total. The van der Waals surface area contributed by atoms with Crippen LogP contribution in [0.2, 0.25) is 0 Å². The molecule has 0 saturated heterocycles. The third kappa shape index (κ3) is 3.11. The summed E-state index contributed by atoms with van der Waals surface area (Å²) in [5, 5.41) is 12.4. The lowest BCUT2D eigenvalue weighted by molar-refractivity contribution is 1.02. The first-order valence-electron chi connectivity index (χ1n) is 6.08. The highest BCUT2D eigenvalue weighted by molar-refractivity contribution is 5.58. The van der Waals surface area contributed by atoms with Crippen molar-refractivity contribution in [1.82, 2.24) is 0 Å². The van der Waals surface area contributed by atoms with Gasteiger partial charge in [-0.3, -0.25) is 0 Å². The maximum Gasteiger partial charge on any atom is 0.101 e. The molecule has 0 aliphatic heterocycles. The smallest absolute Gasteiger partial charge is 0.101 e. The summed E-state index contributed by atoms with van der Waals surface area (Å²) in [4.78, 5) is 0. The number of aryl methyl sites for hydroxylation is 1. The Labute approximate surface area is 108 Å². The molecule has 0 heterocycles. The third-order valence-corrected chi connectivity index (χ3v) is 2.87. The molecule has 0 fully saturated rings. The van der Waals surface area contributed by atoms with Crippen LogP contribution in [-0.4, -0.2) is 6.54 Å². The van der Waals surface area contributed by atoms with Gasteiger partial charge >= 0.3 is 0 Å². The molecule has 2 heteroatoms. The first-order valence-corrected chi connectivity index (χ1v) is 6.08. The molecule has 1 N–H and O–H groups in total. The Bertz CT molecular complexity index is 553. The number of benzene rings is 2. The van der Waals surface area contributed by atoms with Crippen molar-refractivity contribution in [1.29, 1.82) is 5.26 Å². The number of nitrogens with zero attached hydrogens (tertiary/aromatic N) is 1. The number of nitriles is 1. The molecular formula is C16H16N2. The number of rotatable bonds is 4. The Morgan fingerprint density at radius 3 is 2.61 bits per heavy atom. The van der Waals surface area contributed by atoms with E-state index in [0.29, 0.717) is 5.56 Å². The van der Waals surface area contributed by atoms with Crippen LogP contribution in [0.5, 0.6) is 0 Å². The number of nitrogens with one attached hydrogen (secondary N) is 1. The second-order valence-electron chi connectivity index (χ2n) is 4.32. The van der Waals surface area contributed by atoms with Crippen molar-refractivity contribution in [2.75, 3.05) is 11.9 Å². The highest BCUT2D eigenvalue weighted by atomic mass is 14.9. The van der Waals surface area contributed by atoms with Crippen LogP contribution in [0.3, 0.4) is 0 Å². The van der Waals surface area contributed by atoms with Gasteiger partial charge in [0.2, 0.25) is 0 Å². The van der Waals surface area contributed by atoms with E-state index in [-0.39, 0.29) is 0 Å². The minimum Gasteiger partial charge on any atom is -0.384 e. The molecule has 0 aliphatic rings. The molecule has 0 aromatic heterocycles. The Morgan fingerprint density at radius 2 is 1.89 bits per heavy atom. The quantitative estimate of drug-likeness (QED) is 0.881. The summed E-state index contributed by atoms with van der Waals surface area (Å²) in [7, 11) is 0. The Morgan fingerprint density at radius 1 is 1.11 bits per heavy atom. The lowest BCUT2D eigenvalue weighted by Crippen LogP contribution is -2.06. The summed E-state index contributed by atoms with van der Waals surface area (Å²) in [6, 6.07) is 18.5. The molecule has 0 spiro atoms. The van der Waals surface area contributed by atoms with Crippen molar-refractivity contribution >= 4 is 5.69 Å². The molecule has 2 aromatic rings. The van der Waals surface area contributed by atoms with E-state index in [2.05, 4.69) is 23.5 Å². The molecule has 0 aliphatic carbocycles. The first kappa shape index (κ1) is 12.2. The molecule has 2 aromatic carbocycles. The molecule has 0 unspecified atom stereocenters. The van der Waals surface area contributed by atoms with Gasteiger partial charge in [0.25, 0.3) is 0 Å². The van der Waals surface area contributed by atoms with E-state index in [0.717, 1.165) is 24.2 Å². The molecule has 2 rings (SSSR count). The van der Waals surface area contributed by atoms with Gasteiger partial charge in [0.05, 0.1) is 11.3 Å². The maximum absolute atomic E-state index is 9.07. The number of hydrogen-bond acceptors (Lipinski definition) is 2. The van der Waals surface area contributed by atoms with Gasteiger partial charge in [-0.15, -0.1) is 0 Å². The first-order chi connectivity index (χ1) is 8.79. The van der Waals surface area contributed by atoms with Crippen LogP contribution in [0.1, 0.15) is 16.7 Å². The predicted octanol–water partition coefficient (Wildman–Crippen LogP) is 3.52. The van der Waals surface area contributed by atoms with Crippen molar-refractivity contribution in [3.63, 3.8) is 0 Å². The molecule has 0 radical (unpaired) electrons. The fraction of sp³-hybridized carbons (Fsp3) is 0.188. The number of anilines is 1. The number of hydrogen-bond donors (Lipinski definition) is 1. The van der Waals surface area contributed by atoms with E-state index in [4.69, 9.17) is 5.26 Å². The van der Waals surface area contributed by atoms with Crippen molar-refractivity contribution in [3.8, 4) is 6.07 Å². The average Bonchev–Trinajstić information content (AvgIpc) is 2.41. The Hall–Kier alpha value is -2.27. The molecule has 0 bridgehead atoms. The summed E-state index contributed by atoms with van der Waals surface area (Å²) in [6.45, 7) is 2.83. The average molecular weight is 236 g/mol. The molecule has 0 atom stereocenters. The standard InChI is InChI=1S/C16H16N2/c1-13-7-8-16(15(11-13)12-17)18-10-9-14-5-3-2-4-6-14/h2-8,11,18H,9-10H2,1H3. The summed E-state index contributed by atoms with van der Waals surface area (Å²) < 4.78 is 0. The van der Waals surface area contributed by atoms with E-state index in [9.17, 15) is 0 Å². The summed E-state index contributed by atoms with van der Waals surface area (Å²) in [5.74, 6) is 0. The van der Waals surface area contributed by atoms with E-state index in [1.165, 1.54) is 5.56 Å². The van der Waals surface area contributed by atoms with Crippen LogP contribution in [0.25, 0.3) is 0 Å². The van der Waals surface area contributed by atoms with Crippen LogP contribution in [0.15, 0.2) is 48.5 Å².